The van der Waals surface area contributed by atoms with Gasteiger partial charge in [0.25, 0.3) is 5.56 Å². The van der Waals surface area contributed by atoms with E-state index in [1.165, 1.54) is 0 Å². The largest absolute Gasteiger partial charge is 0.392 e. The summed E-state index contributed by atoms with van der Waals surface area (Å²) in [6, 6.07) is 9.55. The molecule has 0 radical (unpaired) electrons. The Kier molecular flexibility index (Phi) is 3.56. The number of rotatable bonds is 4. The molecule has 0 bridgehead atoms. The smallest absolute Gasteiger partial charge is 0.252 e. The van der Waals surface area contributed by atoms with Gasteiger partial charge in [-0.3, -0.25) is 4.79 Å². The zero-order chi connectivity index (χ0) is 12.3. The standard InChI is InChI=1S/C13H16N2O2/c1-9(16)7-14-8-11-6-10-4-2-3-5-12(10)15-13(11)17/h2-6,9,14,16H,7-8H2,1H3,(H,15,17). The predicted molar refractivity (Wildman–Crippen MR) is 68.0 cm³/mol. The van der Waals surface area contributed by atoms with Crippen LogP contribution < -0.4 is 10.9 Å². The second-order valence-corrected chi connectivity index (χ2v) is 4.19. The quantitative estimate of drug-likeness (QED) is 0.736. The Morgan fingerprint density at radius 2 is 2.18 bits per heavy atom. The van der Waals surface area contributed by atoms with E-state index in [1.807, 2.05) is 30.3 Å². The molecule has 1 atom stereocenters. The fourth-order valence-corrected chi connectivity index (χ4v) is 1.74. The maximum atomic E-state index is 11.8. The van der Waals surface area contributed by atoms with Gasteiger partial charge in [0, 0.05) is 24.2 Å². The fourth-order valence-electron chi connectivity index (χ4n) is 1.74. The third kappa shape index (κ3) is 2.93. The summed E-state index contributed by atoms with van der Waals surface area (Å²) in [4.78, 5) is 14.6. The van der Waals surface area contributed by atoms with Crippen LogP contribution in [0.5, 0.6) is 0 Å². The van der Waals surface area contributed by atoms with Gasteiger partial charge in [-0.2, -0.15) is 0 Å². The summed E-state index contributed by atoms with van der Waals surface area (Å²) in [6.07, 6.45) is -0.408. The van der Waals surface area contributed by atoms with Crippen molar-refractivity contribution >= 4 is 10.9 Å². The van der Waals surface area contributed by atoms with E-state index >= 15 is 0 Å². The molecule has 3 N–H and O–H groups in total. The van der Waals surface area contributed by atoms with Crippen LogP contribution in [-0.2, 0) is 6.54 Å². The highest BCUT2D eigenvalue weighted by molar-refractivity contribution is 5.78. The molecule has 4 nitrogen and oxygen atoms in total. The first kappa shape index (κ1) is 11.8. The topological polar surface area (TPSA) is 65.1 Å². The van der Waals surface area contributed by atoms with Gasteiger partial charge in [-0.15, -0.1) is 0 Å². The average Bonchev–Trinajstić information content (AvgIpc) is 2.29. The Morgan fingerprint density at radius 3 is 2.94 bits per heavy atom. The number of aliphatic hydroxyl groups excluding tert-OH is 1. The third-order valence-electron chi connectivity index (χ3n) is 2.59. The number of aromatic nitrogens is 1. The van der Waals surface area contributed by atoms with Crippen LogP contribution in [0.25, 0.3) is 10.9 Å². The molecule has 90 valence electrons. The lowest BCUT2D eigenvalue weighted by Gasteiger charge is -2.07. The molecule has 2 aromatic rings. The first-order valence-corrected chi connectivity index (χ1v) is 5.66. The minimum atomic E-state index is -0.408. The number of pyridine rings is 1. The van der Waals surface area contributed by atoms with Crippen molar-refractivity contribution in [2.45, 2.75) is 19.6 Å². The van der Waals surface area contributed by atoms with Crippen molar-refractivity contribution in [3.63, 3.8) is 0 Å². The Labute approximate surface area is 99.3 Å². The van der Waals surface area contributed by atoms with E-state index in [0.29, 0.717) is 18.7 Å². The molecule has 2 rings (SSSR count). The Balaban J connectivity index is 2.22. The van der Waals surface area contributed by atoms with Crippen LogP contribution in [0, 0.1) is 0 Å². The molecule has 1 heterocycles. The minimum absolute atomic E-state index is 0.0817. The Morgan fingerprint density at radius 1 is 1.41 bits per heavy atom. The lowest BCUT2D eigenvalue weighted by atomic mass is 10.1. The van der Waals surface area contributed by atoms with Crippen LogP contribution >= 0.6 is 0 Å². The van der Waals surface area contributed by atoms with Crippen molar-refractivity contribution in [1.82, 2.24) is 10.3 Å². The normalized spacial score (nSPS) is 12.8. The van der Waals surface area contributed by atoms with Crippen LogP contribution in [0.3, 0.4) is 0 Å². The number of hydrogen-bond donors (Lipinski definition) is 3. The average molecular weight is 232 g/mol. The number of benzene rings is 1. The van der Waals surface area contributed by atoms with E-state index in [-0.39, 0.29) is 5.56 Å². The predicted octanol–water partition coefficient (Wildman–Crippen LogP) is 0.998. The summed E-state index contributed by atoms with van der Waals surface area (Å²) in [5, 5.41) is 13.2. The first-order chi connectivity index (χ1) is 8.16. The van der Waals surface area contributed by atoms with E-state index in [4.69, 9.17) is 5.11 Å². The zero-order valence-corrected chi connectivity index (χ0v) is 9.73. The van der Waals surface area contributed by atoms with Crippen molar-refractivity contribution in [3.8, 4) is 0 Å². The molecule has 1 aromatic heterocycles. The van der Waals surface area contributed by atoms with E-state index in [9.17, 15) is 4.79 Å². The van der Waals surface area contributed by atoms with Gasteiger partial charge in [-0.25, -0.2) is 0 Å². The van der Waals surface area contributed by atoms with E-state index in [1.54, 1.807) is 6.92 Å². The number of nitrogens with one attached hydrogen (secondary N) is 2. The maximum absolute atomic E-state index is 11.8. The molecule has 17 heavy (non-hydrogen) atoms. The zero-order valence-electron chi connectivity index (χ0n) is 9.73. The summed E-state index contributed by atoms with van der Waals surface area (Å²) in [5.41, 5.74) is 1.45. The minimum Gasteiger partial charge on any atom is -0.392 e. The fraction of sp³-hybridized carbons (Fsp3) is 0.308. The van der Waals surface area contributed by atoms with Gasteiger partial charge in [0.2, 0.25) is 0 Å². The molecule has 0 aliphatic heterocycles. The summed E-state index contributed by atoms with van der Waals surface area (Å²) in [7, 11) is 0. The summed E-state index contributed by atoms with van der Waals surface area (Å²) in [6.45, 7) is 2.65. The SMILES string of the molecule is CC(O)CNCc1cc2ccccc2[nH]c1=O. The van der Waals surface area contributed by atoms with Gasteiger partial charge in [0.1, 0.15) is 0 Å². The molecule has 0 amide bonds. The van der Waals surface area contributed by atoms with E-state index in [0.717, 1.165) is 10.9 Å². The van der Waals surface area contributed by atoms with Gasteiger partial charge in [0.05, 0.1) is 6.10 Å². The van der Waals surface area contributed by atoms with Gasteiger partial charge in [-0.1, -0.05) is 18.2 Å². The number of para-hydroxylation sites is 1. The van der Waals surface area contributed by atoms with Gasteiger partial charge in [-0.05, 0) is 24.4 Å². The van der Waals surface area contributed by atoms with E-state index in [2.05, 4.69) is 10.3 Å². The second kappa shape index (κ2) is 5.12. The van der Waals surface area contributed by atoms with Crippen LogP contribution in [0.4, 0.5) is 0 Å². The molecular weight excluding hydrogens is 216 g/mol. The molecule has 0 fully saturated rings. The van der Waals surface area contributed by atoms with Crippen molar-refractivity contribution < 1.29 is 5.11 Å². The summed E-state index contributed by atoms with van der Waals surface area (Å²) >= 11 is 0. The van der Waals surface area contributed by atoms with Crippen molar-refractivity contribution in [1.29, 1.82) is 0 Å². The molecular formula is C13H16N2O2. The second-order valence-electron chi connectivity index (χ2n) is 4.19. The molecule has 0 aliphatic rings. The summed E-state index contributed by atoms with van der Waals surface area (Å²) < 4.78 is 0. The van der Waals surface area contributed by atoms with Crippen molar-refractivity contribution in [3.05, 3.63) is 46.2 Å². The monoisotopic (exact) mass is 232 g/mol. The number of hydrogen-bond acceptors (Lipinski definition) is 3. The highest BCUT2D eigenvalue weighted by Crippen LogP contribution is 2.09. The van der Waals surface area contributed by atoms with Crippen LogP contribution in [-0.4, -0.2) is 22.7 Å². The highest BCUT2D eigenvalue weighted by atomic mass is 16.3. The van der Waals surface area contributed by atoms with Crippen molar-refractivity contribution in [2.75, 3.05) is 6.54 Å². The van der Waals surface area contributed by atoms with Crippen LogP contribution in [0.1, 0.15) is 12.5 Å². The number of H-pyrrole nitrogens is 1. The first-order valence-electron chi connectivity index (χ1n) is 5.66. The Bertz CT molecular complexity index is 561. The molecule has 0 saturated heterocycles. The number of aromatic amines is 1. The Hall–Kier alpha value is -1.65. The number of aliphatic hydroxyl groups is 1. The number of fused-ring (bicyclic) bond motifs is 1. The molecule has 0 aliphatic carbocycles. The van der Waals surface area contributed by atoms with Gasteiger partial charge in [0.15, 0.2) is 0 Å². The van der Waals surface area contributed by atoms with Crippen LogP contribution in [0.15, 0.2) is 35.1 Å². The molecule has 0 spiro atoms. The lowest BCUT2D eigenvalue weighted by Crippen LogP contribution is -2.27. The van der Waals surface area contributed by atoms with Gasteiger partial charge < -0.3 is 15.4 Å². The molecule has 4 heteroatoms. The van der Waals surface area contributed by atoms with Crippen molar-refractivity contribution in [2.24, 2.45) is 0 Å². The maximum Gasteiger partial charge on any atom is 0.252 e. The highest BCUT2D eigenvalue weighted by Gasteiger charge is 2.02. The summed E-state index contributed by atoms with van der Waals surface area (Å²) in [5.74, 6) is 0. The third-order valence-corrected chi connectivity index (χ3v) is 2.59. The van der Waals surface area contributed by atoms with Crippen LogP contribution in [0.2, 0.25) is 0 Å². The van der Waals surface area contributed by atoms with E-state index < -0.39 is 6.10 Å². The lowest BCUT2D eigenvalue weighted by molar-refractivity contribution is 0.191. The van der Waals surface area contributed by atoms with Gasteiger partial charge >= 0.3 is 0 Å². The molecule has 0 saturated carbocycles. The molecule has 1 aromatic carbocycles. The molecule has 1 unspecified atom stereocenters.